The molecule has 2 aromatic rings. The number of nitrogens with one attached hydrogen (secondary N) is 1. The minimum atomic E-state index is -3.44. The second kappa shape index (κ2) is 5.30. The van der Waals surface area contributed by atoms with Gasteiger partial charge in [-0.2, -0.15) is 0 Å². The molecule has 1 heterocycles. The largest absolute Gasteiger partial charge is 0.397 e. The molecular formula is C13H13N3O3S. The first kappa shape index (κ1) is 14.0. The molecule has 0 aliphatic heterocycles. The van der Waals surface area contributed by atoms with Gasteiger partial charge in [0.05, 0.1) is 16.3 Å². The molecule has 3 N–H and O–H groups in total. The fourth-order valence-corrected chi connectivity index (χ4v) is 2.53. The standard InChI is InChI=1S/C13H13N3O3S/c1-20(18,19)11-7-3-2-6-10(11)16-13(17)12-9(14)5-4-8-15-12/h2-8H,14H2,1H3,(H,16,17). The van der Waals surface area contributed by atoms with Crippen molar-refractivity contribution in [2.75, 3.05) is 17.3 Å². The van der Waals surface area contributed by atoms with Crippen LogP contribution in [0.25, 0.3) is 0 Å². The van der Waals surface area contributed by atoms with Gasteiger partial charge in [0.1, 0.15) is 0 Å². The molecule has 1 amide bonds. The van der Waals surface area contributed by atoms with Crippen molar-refractivity contribution < 1.29 is 13.2 Å². The SMILES string of the molecule is CS(=O)(=O)c1ccccc1NC(=O)c1ncccc1N. The van der Waals surface area contributed by atoms with Crippen molar-refractivity contribution in [3.8, 4) is 0 Å². The second-order valence-corrected chi connectivity index (χ2v) is 6.15. The summed E-state index contributed by atoms with van der Waals surface area (Å²) in [5, 5.41) is 2.51. The molecular weight excluding hydrogens is 278 g/mol. The van der Waals surface area contributed by atoms with Crippen LogP contribution < -0.4 is 11.1 Å². The Hall–Kier alpha value is -2.41. The molecule has 20 heavy (non-hydrogen) atoms. The van der Waals surface area contributed by atoms with Gasteiger partial charge in [-0.1, -0.05) is 12.1 Å². The number of anilines is 2. The van der Waals surface area contributed by atoms with Crippen LogP contribution >= 0.6 is 0 Å². The lowest BCUT2D eigenvalue weighted by Crippen LogP contribution is -2.17. The van der Waals surface area contributed by atoms with E-state index in [1.165, 1.54) is 18.3 Å². The third-order valence-corrected chi connectivity index (χ3v) is 3.74. The molecule has 1 aromatic heterocycles. The molecule has 0 aliphatic carbocycles. The molecule has 0 atom stereocenters. The Kier molecular flexibility index (Phi) is 3.71. The Morgan fingerprint density at radius 3 is 2.55 bits per heavy atom. The lowest BCUT2D eigenvalue weighted by Gasteiger charge is -2.10. The number of nitrogen functional groups attached to an aromatic ring is 1. The predicted octanol–water partition coefficient (Wildman–Crippen LogP) is 1.32. The summed E-state index contributed by atoms with van der Waals surface area (Å²) in [6.07, 6.45) is 2.51. The summed E-state index contributed by atoms with van der Waals surface area (Å²) < 4.78 is 23.3. The van der Waals surface area contributed by atoms with E-state index in [0.29, 0.717) is 0 Å². The molecule has 0 saturated carbocycles. The lowest BCUT2D eigenvalue weighted by molar-refractivity contribution is 0.102. The maximum absolute atomic E-state index is 12.1. The zero-order valence-electron chi connectivity index (χ0n) is 10.7. The second-order valence-electron chi connectivity index (χ2n) is 4.16. The molecule has 6 nitrogen and oxygen atoms in total. The average molecular weight is 291 g/mol. The lowest BCUT2D eigenvalue weighted by atomic mass is 10.2. The van der Waals surface area contributed by atoms with E-state index in [0.717, 1.165) is 6.26 Å². The molecule has 104 valence electrons. The molecule has 7 heteroatoms. The number of benzene rings is 1. The molecule has 1 aromatic carbocycles. The Morgan fingerprint density at radius 1 is 1.20 bits per heavy atom. The first-order chi connectivity index (χ1) is 9.39. The number of carbonyl (C=O) groups is 1. The number of sulfone groups is 1. The van der Waals surface area contributed by atoms with E-state index >= 15 is 0 Å². The minimum Gasteiger partial charge on any atom is -0.397 e. The highest BCUT2D eigenvalue weighted by Gasteiger charge is 2.17. The quantitative estimate of drug-likeness (QED) is 0.888. The first-order valence-corrected chi connectivity index (χ1v) is 7.59. The van der Waals surface area contributed by atoms with E-state index < -0.39 is 15.7 Å². The third kappa shape index (κ3) is 2.94. The normalized spacial score (nSPS) is 11.1. The van der Waals surface area contributed by atoms with Crippen molar-refractivity contribution in [2.24, 2.45) is 0 Å². The van der Waals surface area contributed by atoms with Gasteiger partial charge < -0.3 is 11.1 Å². The zero-order chi connectivity index (χ0) is 14.8. The van der Waals surface area contributed by atoms with Gasteiger partial charge in [0.2, 0.25) is 0 Å². The maximum atomic E-state index is 12.1. The highest BCUT2D eigenvalue weighted by molar-refractivity contribution is 7.90. The number of amides is 1. The summed E-state index contributed by atoms with van der Waals surface area (Å²) in [5.41, 5.74) is 6.13. The molecule has 0 spiro atoms. The highest BCUT2D eigenvalue weighted by Crippen LogP contribution is 2.21. The van der Waals surface area contributed by atoms with Crippen molar-refractivity contribution in [3.05, 3.63) is 48.3 Å². The van der Waals surface area contributed by atoms with Gasteiger partial charge in [0.25, 0.3) is 5.91 Å². The predicted molar refractivity (Wildman–Crippen MR) is 76.2 cm³/mol. The summed E-state index contributed by atoms with van der Waals surface area (Å²) in [6, 6.07) is 9.30. The number of nitrogens with two attached hydrogens (primary N) is 1. The van der Waals surface area contributed by atoms with Crippen molar-refractivity contribution >= 4 is 27.1 Å². The van der Waals surface area contributed by atoms with Gasteiger partial charge in [-0.15, -0.1) is 0 Å². The van der Waals surface area contributed by atoms with E-state index in [1.54, 1.807) is 24.3 Å². The van der Waals surface area contributed by atoms with Gasteiger partial charge in [-0.3, -0.25) is 4.79 Å². The topological polar surface area (TPSA) is 102 Å². The van der Waals surface area contributed by atoms with Crippen molar-refractivity contribution in [2.45, 2.75) is 4.90 Å². The first-order valence-electron chi connectivity index (χ1n) is 5.70. The monoisotopic (exact) mass is 291 g/mol. The van der Waals surface area contributed by atoms with E-state index in [9.17, 15) is 13.2 Å². The van der Waals surface area contributed by atoms with E-state index in [2.05, 4.69) is 10.3 Å². The maximum Gasteiger partial charge on any atom is 0.276 e. The molecule has 0 aliphatic rings. The van der Waals surface area contributed by atoms with Crippen LogP contribution in [0.2, 0.25) is 0 Å². The molecule has 0 saturated heterocycles. The fourth-order valence-electron chi connectivity index (χ4n) is 1.68. The summed E-state index contributed by atoms with van der Waals surface area (Å²) >= 11 is 0. The summed E-state index contributed by atoms with van der Waals surface area (Å²) in [7, 11) is -3.44. The fraction of sp³-hybridized carbons (Fsp3) is 0.0769. The average Bonchev–Trinajstić information content (AvgIpc) is 2.38. The molecule has 0 bridgehead atoms. The van der Waals surface area contributed by atoms with Crippen LogP contribution in [-0.4, -0.2) is 25.6 Å². The van der Waals surface area contributed by atoms with Crippen molar-refractivity contribution in [3.63, 3.8) is 0 Å². The number of aromatic nitrogens is 1. The Balaban J connectivity index is 2.37. The van der Waals surface area contributed by atoms with Crippen LogP contribution in [0.3, 0.4) is 0 Å². The molecule has 0 radical (unpaired) electrons. The number of hydrogen-bond donors (Lipinski definition) is 2. The number of carbonyl (C=O) groups excluding carboxylic acids is 1. The number of nitrogens with zero attached hydrogens (tertiary/aromatic N) is 1. The van der Waals surface area contributed by atoms with Gasteiger partial charge in [-0.25, -0.2) is 13.4 Å². The van der Waals surface area contributed by atoms with Gasteiger partial charge in [-0.05, 0) is 24.3 Å². The zero-order valence-corrected chi connectivity index (χ0v) is 11.5. The third-order valence-electron chi connectivity index (χ3n) is 2.59. The Bertz CT molecular complexity index is 757. The van der Waals surface area contributed by atoms with Crippen molar-refractivity contribution in [1.82, 2.24) is 4.98 Å². The van der Waals surface area contributed by atoms with E-state index in [4.69, 9.17) is 5.73 Å². The van der Waals surface area contributed by atoms with Crippen LogP contribution in [0.5, 0.6) is 0 Å². The van der Waals surface area contributed by atoms with Crippen LogP contribution in [-0.2, 0) is 9.84 Å². The summed E-state index contributed by atoms with van der Waals surface area (Å²) in [5.74, 6) is -0.556. The Labute approximate surface area is 116 Å². The number of rotatable bonds is 3. The molecule has 0 fully saturated rings. The van der Waals surface area contributed by atoms with Crippen LogP contribution in [0, 0.1) is 0 Å². The number of hydrogen-bond acceptors (Lipinski definition) is 5. The van der Waals surface area contributed by atoms with E-state index in [1.807, 2.05) is 0 Å². The van der Waals surface area contributed by atoms with Gasteiger partial charge >= 0.3 is 0 Å². The minimum absolute atomic E-state index is 0.0443. The van der Waals surface area contributed by atoms with Gasteiger partial charge in [0, 0.05) is 12.5 Å². The number of pyridine rings is 1. The Morgan fingerprint density at radius 2 is 1.90 bits per heavy atom. The van der Waals surface area contributed by atoms with Crippen LogP contribution in [0.4, 0.5) is 11.4 Å². The van der Waals surface area contributed by atoms with Crippen LogP contribution in [0.15, 0.2) is 47.5 Å². The van der Waals surface area contributed by atoms with Gasteiger partial charge in [0.15, 0.2) is 15.5 Å². The summed E-state index contributed by atoms with van der Waals surface area (Å²) in [6.45, 7) is 0. The highest BCUT2D eigenvalue weighted by atomic mass is 32.2. The molecule has 0 unspecified atom stereocenters. The molecule has 2 rings (SSSR count). The smallest absolute Gasteiger partial charge is 0.276 e. The van der Waals surface area contributed by atoms with Crippen LogP contribution in [0.1, 0.15) is 10.5 Å². The van der Waals surface area contributed by atoms with Crippen molar-refractivity contribution in [1.29, 1.82) is 0 Å². The summed E-state index contributed by atoms with van der Waals surface area (Å²) in [4.78, 5) is 16.0. The van der Waals surface area contributed by atoms with E-state index in [-0.39, 0.29) is 22.0 Å². The number of para-hydroxylation sites is 1.